The van der Waals surface area contributed by atoms with E-state index in [-0.39, 0.29) is 11.3 Å². The maximum Gasteiger partial charge on any atom is 0.256 e. The van der Waals surface area contributed by atoms with E-state index < -0.39 is 11.7 Å². The predicted molar refractivity (Wildman–Crippen MR) is 174 cm³/mol. The highest BCUT2D eigenvalue weighted by atomic mass is 35.5. The molecule has 0 unspecified atom stereocenters. The molecular weight excluding hydrogens is 580 g/mol. The number of fused-ring (bicyclic) bond motifs is 2. The topological polar surface area (TPSA) is 79.0 Å². The fourth-order valence-corrected chi connectivity index (χ4v) is 6.63. The van der Waals surface area contributed by atoms with Gasteiger partial charge in [0.1, 0.15) is 6.10 Å². The van der Waals surface area contributed by atoms with E-state index in [1.54, 1.807) is 17.6 Å². The summed E-state index contributed by atoms with van der Waals surface area (Å²) >= 11 is 7.67. The zero-order chi connectivity index (χ0) is 30.6. The second-order valence-corrected chi connectivity index (χ2v) is 13.1. The Morgan fingerprint density at radius 3 is 2.40 bits per heavy atom. The van der Waals surface area contributed by atoms with Crippen molar-refractivity contribution in [2.24, 2.45) is 7.05 Å². The van der Waals surface area contributed by atoms with Gasteiger partial charge in [-0.25, -0.2) is 4.98 Å². The number of pyridine rings is 1. The van der Waals surface area contributed by atoms with Crippen LogP contribution in [0.4, 0.5) is 0 Å². The maximum absolute atomic E-state index is 13.2. The molecule has 218 valence electrons. The van der Waals surface area contributed by atoms with Crippen LogP contribution in [-0.4, -0.2) is 30.7 Å². The fraction of sp³-hybridized carbons (Fsp3) is 0.235. The van der Waals surface area contributed by atoms with Gasteiger partial charge in [-0.05, 0) is 93.3 Å². The number of aryl methyl sites for hydroxylation is 2. The van der Waals surface area contributed by atoms with Gasteiger partial charge in [-0.1, -0.05) is 41.1 Å². The molecule has 0 saturated heterocycles. The molecule has 0 fully saturated rings. The Labute approximate surface area is 258 Å². The largest absolute Gasteiger partial charge is 0.360 e. The van der Waals surface area contributed by atoms with Crippen molar-refractivity contribution in [1.29, 1.82) is 0 Å². The molecule has 0 amide bonds. The normalized spacial score (nSPS) is 12.7. The Kier molecular flexibility index (Phi) is 7.32. The zero-order valence-corrected chi connectivity index (χ0v) is 26.4. The number of carbonyl (C=O) groups excluding carboxylic acids is 1. The van der Waals surface area contributed by atoms with Gasteiger partial charge >= 0.3 is 0 Å². The summed E-state index contributed by atoms with van der Waals surface area (Å²) in [6.07, 6.45) is 2.88. The van der Waals surface area contributed by atoms with Crippen molar-refractivity contribution >= 4 is 49.8 Å². The van der Waals surface area contributed by atoms with E-state index in [1.165, 1.54) is 11.3 Å². The molecule has 7 nitrogen and oxygen atoms in total. The summed E-state index contributed by atoms with van der Waals surface area (Å²) in [5.41, 5.74) is 6.29. The van der Waals surface area contributed by atoms with E-state index in [4.69, 9.17) is 21.3 Å². The van der Waals surface area contributed by atoms with Gasteiger partial charge in [0.05, 0.1) is 27.5 Å². The van der Waals surface area contributed by atoms with Crippen molar-refractivity contribution in [2.75, 3.05) is 0 Å². The Bertz CT molecular complexity index is 2080. The van der Waals surface area contributed by atoms with Crippen LogP contribution >= 0.6 is 22.9 Å². The number of hydrogen-bond donors (Lipinski definition) is 0. The molecule has 0 spiro atoms. The summed E-state index contributed by atoms with van der Waals surface area (Å²) in [7, 11) is 1.91. The van der Waals surface area contributed by atoms with Gasteiger partial charge in [-0.2, -0.15) is 5.10 Å². The highest BCUT2D eigenvalue weighted by Gasteiger charge is 2.30. The molecule has 6 rings (SSSR count). The van der Waals surface area contributed by atoms with Crippen LogP contribution in [0, 0.1) is 6.92 Å². The standard InChI is InChI=1S/C34H31ClN4O3S/c1-19-15-26-32(30(21-7-11-25(35)12-8-21)29(19)31(20(2)40)42-34(3,4)5)43-33(37-26)39-18-23(10-14-28(39)41)22-9-13-27-24(16-22)17-36-38(27)6/h7-18,31H,1-6H3/t31-/m1/s1. The second kappa shape index (κ2) is 10.9. The van der Waals surface area contributed by atoms with Crippen molar-refractivity contribution in [3.63, 3.8) is 0 Å². The third-order valence-electron chi connectivity index (χ3n) is 7.35. The molecule has 43 heavy (non-hydrogen) atoms. The molecule has 0 bridgehead atoms. The predicted octanol–water partition coefficient (Wildman–Crippen LogP) is 8.07. The first-order valence-corrected chi connectivity index (χ1v) is 15.1. The highest BCUT2D eigenvalue weighted by Crippen LogP contribution is 2.43. The molecule has 0 radical (unpaired) electrons. The first-order valence-electron chi connectivity index (χ1n) is 13.9. The zero-order valence-electron chi connectivity index (χ0n) is 24.8. The van der Waals surface area contributed by atoms with E-state index in [0.29, 0.717) is 10.2 Å². The summed E-state index contributed by atoms with van der Waals surface area (Å²) < 4.78 is 10.6. The minimum absolute atomic E-state index is 0.0909. The van der Waals surface area contributed by atoms with Crippen molar-refractivity contribution in [3.8, 4) is 27.4 Å². The lowest BCUT2D eigenvalue weighted by atomic mass is 9.90. The van der Waals surface area contributed by atoms with Crippen LogP contribution in [-0.2, 0) is 16.6 Å². The van der Waals surface area contributed by atoms with E-state index in [2.05, 4.69) is 11.2 Å². The highest BCUT2D eigenvalue weighted by molar-refractivity contribution is 7.21. The Hall–Kier alpha value is -4.11. The molecule has 3 heterocycles. The number of ketones is 1. The van der Waals surface area contributed by atoms with Crippen LogP contribution in [0.1, 0.15) is 44.9 Å². The van der Waals surface area contributed by atoms with Crippen molar-refractivity contribution < 1.29 is 9.53 Å². The van der Waals surface area contributed by atoms with Gasteiger partial charge in [0.15, 0.2) is 10.9 Å². The van der Waals surface area contributed by atoms with E-state index in [0.717, 1.165) is 54.5 Å². The van der Waals surface area contributed by atoms with Gasteiger partial charge in [-0.15, -0.1) is 0 Å². The van der Waals surface area contributed by atoms with Crippen LogP contribution < -0.4 is 5.56 Å². The molecular formula is C34H31ClN4O3S. The van der Waals surface area contributed by atoms with Crippen molar-refractivity contribution in [1.82, 2.24) is 19.3 Å². The Balaban J connectivity index is 1.56. The maximum atomic E-state index is 13.2. The van der Waals surface area contributed by atoms with E-state index in [9.17, 15) is 9.59 Å². The Morgan fingerprint density at radius 2 is 1.70 bits per heavy atom. The van der Waals surface area contributed by atoms with Gasteiger partial charge < -0.3 is 4.74 Å². The molecule has 0 aliphatic heterocycles. The minimum Gasteiger partial charge on any atom is -0.360 e. The van der Waals surface area contributed by atoms with Gasteiger partial charge in [0.2, 0.25) is 0 Å². The number of halogens is 1. The first-order chi connectivity index (χ1) is 20.4. The molecule has 0 N–H and O–H groups in total. The lowest BCUT2D eigenvalue weighted by Crippen LogP contribution is -2.27. The first kappa shape index (κ1) is 29.0. The summed E-state index contributed by atoms with van der Waals surface area (Å²) in [6, 6.07) is 19.0. The van der Waals surface area contributed by atoms with Crippen molar-refractivity contribution in [3.05, 3.63) is 99.6 Å². The SMILES string of the molecule is CC(=O)[C@@H](OC(C)(C)C)c1c(C)cc2nc(-n3cc(-c4ccc5c(cnn5C)c4)ccc3=O)sc2c1-c1ccc(Cl)cc1. The van der Waals surface area contributed by atoms with Crippen LogP contribution in [0.15, 0.2) is 77.9 Å². The molecule has 0 aliphatic rings. The van der Waals surface area contributed by atoms with Crippen molar-refractivity contribution in [2.45, 2.75) is 46.3 Å². The smallest absolute Gasteiger partial charge is 0.256 e. The number of nitrogens with zero attached hydrogens (tertiary/aromatic N) is 4. The third-order valence-corrected chi connectivity index (χ3v) is 8.69. The summed E-state index contributed by atoms with van der Waals surface area (Å²) in [6.45, 7) is 9.34. The van der Waals surface area contributed by atoms with Crippen LogP contribution in [0.25, 0.3) is 48.5 Å². The number of thiazole rings is 1. The summed E-state index contributed by atoms with van der Waals surface area (Å²) in [5.74, 6) is -0.0909. The number of aromatic nitrogens is 4. The average molecular weight is 611 g/mol. The fourth-order valence-electron chi connectivity index (χ4n) is 5.39. The number of benzene rings is 3. The van der Waals surface area contributed by atoms with Crippen LogP contribution in [0.5, 0.6) is 0 Å². The molecule has 0 saturated carbocycles. The molecule has 9 heteroatoms. The van der Waals surface area contributed by atoms with E-state index >= 15 is 0 Å². The Morgan fingerprint density at radius 1 is 1.00 bits per heavy atom. The van der Waals surface area contributed by atoms with Gasteiger partial charge in [-0.3, -0.25) is 18.8 Å². The van der Waals surface area contributed by atoms with Crippen LogP contribution in [0.3, 0.4) is 0 Å². The van der Waals surface area contributed by atoms with E-state index in [1.807, 2.05) is 100 Å². The second-order valence-electron chi connectivity index (χ2n) is 11.7. The summed E-state index contributed by atoms with van der Waals surface area (Å²) in [4.78, 5) is 31.2. The quantitative estimate of drug-likeness (QED) is 0.190. The number of hydrogen-bond acceptors (Lipinski definition) is 6. The lowest BCUT2D eigenvalue weighted by Gasteiger charge is -2.29. The number of Topliss-reactive ketones (excluding diaryl/α,β-unsaturated/α-hetero) is 1. The van der Waals surface area contributed by atoms with Gasteiger partial charge in [0, 0.05) is 40.8 Å². The molecule has 3 aromatic carbocycles. The molecule has 6 aromatic rings. The molecule has 3 aromatic heterocycles. The average Bonchev–Trinajstić information content (AvgIpc) is 3.54. The number of rotatable bonds is 6. The number of ether oxygens (including phenoxy) is 1. The minimum atomic E-state index is -0.783. The third kappa shape index (κ3) is 5.54. The monoisotopic (exact) mass is 610 g/mol. The van der Waals surface area contributed by atoms with Gasteiger partial charge in [0.25, 0.3) is 5.56 Å². The molecule has 0 aliphatic carbocycles. The molecule has 1 atom stereocenters. The lowest BCUT2D eigenvalue weighted by molar-refractivity contribution is -0.138. The summed E-state index contributed by atoms with van der Waals surface area (Å²) in [5, 5.41) is 6.51. The number of carbonyl (C=O) groups is 1. The van der Waals surface area contributed by atoms with Crippen LogP contribution in [0.2, 0.25) is 5.02 Å².